The van der Waals surface area contributed by atoms with Crippen LogP contribution >= 0.6 is 0 Å². The molecule has 1 saturated heterocycles. The second-order valence-corrected chi connectivity index (χ2v) is 8.83. The molecule has 8 nitrogen and oxygen atoms in total. The minimum atomic E-state index is -0.584. The van der Waals surface area contributed by atoms with Gasteiger partial charge in [0.1, 0.15) is 5.82 Å². The summed E-state index contributed by atoms with van der Waals surface area (Å²) in [7, 11) is 0. The van der Waals surface area contributed by atoms with Crippen molar-refractivity contribution >= 4 is 28.5 Å². The molecule has 4 N–H and O–H groups in total. The van der Waals surface area contributed by atoms with Crippen LogP contribution in [0, 0.1) is 5.92 Å². The summed E-state index contributed by atoms with van der Waals surface area (Å²) in [6.07, 6.45) is -0.584. The van der Waals surface area contributed by atoms with Crippen molar-refractivity contribution in [2.45, 2.75) is 32.7 Å². The highest BCUT2D eigenvalue weighted by Gasteiger charge is 2.32. The van der Waals surface area contributed by atoms with Gasteiger partial charge in [0.05, 0.1) is 11.6 Å². The predicted octanol–water partition coefficient (Wildman–Crippen LogP) is 4.23. The third kappa shape index (κ3) is 4.74. The fraction of sp³-hybridized carbons (Fsp3) is 0.222. The number of benzene rings is 3. The van der Waals surface area contributed by atoms with Gasteiger partial charge in [-0.3, -0.25) is 15.4 Å². The molecular weight excluding hydrogens is 440 g/mol. The number of rotatable bonds is 5. The van der Waals surface area contributed by atoms with Gasteiger partial charge in [-0.2, -0.15) is 5.10 Å². The van der Waals surface area contributed by atoms with Crippen LogP contribution in [0.15, 0.2) is 78.9 Å². The minimum Gasteiger partial charge on any atom is -0.334 e. The normalized spacial score (nSPS) is 19.8. The molecule has 1 aliphatic heterocycles. The van der Waals surface area contributed by atoms with Crippen LogP contribution in [-0.4, -0.2) is 27.8 Å². The number of nitrogens with zero attached hydrogens (tertiary/aromatic N) is 2. The summed E-state index contributed by atoms with van der Waals surface area (Å²) < 4.78 is 1.61. The van der Waals surface area contributed by atoms with Gasteiger partial charge in [-0.25, -0.2) is 9.48 Å². The molecule has 0 saturated carbocycles. The van der Waals surface area contributed by atoms with E-state index in [0.29, 0.717) is 18.1 Å². The third-order valence-corrected chi connectivity index (χ3v) is 6.47. The van der Waals surface area contributed by atoms with Gasteiger partial charge in [0, 0.05) is 24.2 Å². The molecular formula is C27H28N6O2. The molecule has 0 aliphatic carbocycles. The lowest BCUT2D eigenvalue weighted by molar-refractivity contribution is -0.130. The molecule has 0 bridgehead atoms. The van der Waals surface area contributed by atoms with E-state index in [1.807, 2.05) is 80.6 Å². The van der Waals surface area contributed by atoms with E-state index in [-0.39, 0.29) is 23.9 Å². The summed E-state index contributed by atoms with van der Waals surface area (Å²) in [6, 6.07) is 25.2. The van der Waals surface area contributed by atoms with Crippen LogP contribution in [0.1, 0.15) is 25.7 Å². The lowest BCUT2D eigenvalue weighted by Crippen LogP contribution is -2.57. The van der Waals surface area contributed by atoms with Crippen molar-refractivity contribution in [2.75, 3.05) is 5.32 Å². The van der Waals surface area contributed by atoms with Crippen LogP contribution in [0.5, 0.6) is 0 Å². The van der Waals surface area contributed by atoms with E-state index in [2.05, 4.69) is 33.4 Å². The maximum atomic E-state index is 12.9. The number of carbonyl (C=O) groups excluding carboxylic acids is 2. The molecule has 8 heteroatoms. The first kappa shape index (κ1) is 22.6. The first-order chi connectivity index (χ1) is 17.0. The molecule has 3 aromatic carbocycles. The Balaban J connectivity index is 1.38. The number of hydrogen-bond acceptors (Lipinski definition) is 4. The maximum Gasteiger partial charge on any atom is 0.320 e. The predicted molar refractivity (Wildman–Crippen MR) is 136 cm³/mol. The van der Waals surface area contributed by atoms with Crippen molar-refractivity contribution in [3.05, 3.63) is 84.4 Å². The van der Waals surface area contributed by atoms with E-state index in [9.17, 15) is 9.59 Å². The topological polar surface area (TPSA) is 100 Å². The van der Waals surface area contributed by atoms with Gasteiger partial charge >= 0.3 is 6.03 Å². The van der Waals surface area contributed by atoms with Gasteiger partial charge in [-0.1, -0.05) is 79.7 Å². The highest BCUT2D eigenvalue weighted by Crippen LogP contribution is 2.25. The van der Waals surface area contributed by atoms with Crippen molar-refractivity contribution in [1.29, 1.82) is 0 Å². The smallest absolute Gasteiger partial charge is 0.320 e. The highest BCUT2D eigenvalue weighted by atomic mass is 16.2. The first-order valence-corrected chi connectivity index (χ1v) is 11.7. The van der Waals surface area contributed by atoms with Gasteiger partial charge in [-0.05, 0) is 23.3 Å². The maximum absolute atomic E-state index is 12.9. The Kier molecular flexibility index (Phi) is 6.20. The average molecular weight is 469 g/mol. The molecule has 0 radical (unpaired) electrons. The molecule has 1 aliphatic rings. The molecule has 3 unspecified atom stereocenters. The van der Waals surface area contributed by atoms with Crippen molar-refractivity contribution < 1.29 is 9.59 Å². The van der Waals surface area contributed by atoms with Gasteiger partial charge in [0.25, 0.3) is 0 Å². The van der Waals surface area contributed by atoms with E-state index in [1.54, 1.807) is 4.68 Å². The Morgan fingerprint density at radius 1 is 1.00 bits per heavy atom. The Labute approximate surface area is 203 Å². The van der Waals surface area contributed by atoms with Crippen LogP contribution < -0.4 is 21.3 Å². The Morgan fingerprint density at radius 2 is 1.74 bits per heavy atom. The van der Waals surface area contributed by atoms with Crippen LogP contribution in [0.2, 0.25) is 0 Å². The summed E-state index contributed by atoms with van der Waals surface area (Å²) in [6.45, 7) is 4.21. The quantitative estimate of drug-likeness (QED) is 0.352. The Bertz CT molecular complexity index is 1360. The van der Waals surface area contributed by atoms with E-state index < -0.39 is 6.29 Å². The zero-order valence-electron chi connectivity index (χ0n) is 19.7. The fourth-order valence-corrected chi connectivity index (χ4v) is 4.28. The van der Waals surface area contributed by atoms with Gasteiger partial charge in [-0.15, -0.1) is 0 Å². The summed E-state index contributed by atoms with van der Waals surface area (Å²) >= 11 is 0. The number of hydrogen-bond donors (Lipinski definition) is 4. The van der Waals surface area contributed by atoms with E-state index in [0.717, 1.165) is 21.9 Å². The number of aromatic nitrogens is 2. The van der Waals surface area contributed by atoms with E-state index in [1.165, 1.54) is 0 Å². The molecule has 35 heavy (non-hydrogen) atoms. The van der Waals surface area contributed by atoms with Crippen molar-refractivity contribution in [3.8, 4) is 11.3 Å². The zero-order valence-corrected chi connectivity index (χ0v) is 19.7. The highest BCUT2D eigenvalue weighted by molar-refractivity contribution is 5.90. The minimum absolute atomic E-state index is 0.0498. The molecule has 5 rings (SSSR count). The lowest BCUT2D eigenvalue weighted by atomic mass is 10.0. The number of anilines is 1. The number of carbonyl (C=O) groups is 2. The molecule has 178 valence electrons. The molecule has 1 aromatic heterocycles. The molecule has 2 heterocycles. The number of nitrogens with one attached hydrogen (secondary N) is 4. The summed E-state index contributed by atoms with van der Waals surface area (Å²) in [5.41, 5.74) is 2.63. The molecule has 4 aromatic rings. The van der Waals surface area contributed by atoms with Crippen LogP contribution in [0.4, 0.5) is 10.6 Å². The van der Waals surface area contributed by atoms with Crippen molar-refractivity contribution in [1.82, 2.24) is 25.7 Å². The van der Waals surface area contributed by atoms with Crippen LogP contribution in [0.25, 0.3) is 22.0 Å². The largest absolute Gasteiger partial charge is 0.334 e. The van der Waals surface area contributed by atoms with Crippen LogP contribution in [-0.2, 0) is 11.3 Å². The Hall–Kier alpha value is -4.17. The van der Waals surface area contributed by atoms with Crippen LogP contribution in [0.3, 0.4) is 0 Å². The van der Waals surface area contributed by atoms with Gasteiger partial charge in [0.2, 0.25) is 5.91 Å². The lowest BCUT2D eigenvalue weighted by Gasteiger charge is -2.34. The second kappa shape index (κ2) is 9.60. The Morgan fingerprint density at radius 3 is 2.54 bits per heavy atom. The van der Waals surface area contributed by atoms with Crippen molar-refractivity contribution in [3.63, 3.8) is 0 Å². The van der Waals surface area contributed by atoms with E-state index in [4.69, 9.17) is 5.10 Å². The van der Waals surface area contributed by atoms with E-state index >= 15 is 0 Å². The summed E-state index contributed by atoms with van der Waals surface area (Å²) in [5.74, 6) is 0.235. The standard InChI is InChI=1S/C27H28N6O2/c1-17-18(2)29-26(31-25(17)34)33-24(15-23(32-33)20-10-4-3-5-11-20)30-27(35)28-16-21-13-8-12-19-9-6-7-14-22(19)21/h3-15,17-18,26,29H,16H2,1-2H3,(H,31,34)(H2,28,30,35). The molecule has 1 fully saturated rings. The average Bonchev–Trinajstić information content (AvgIpc) is 3.30. The third-order valence-electron chi connectivity index (χ3n) is 6.47. The second-order valence-electron chi connectivity index (χ2n) is 8.83. The fourth-order valence-electron chi connectivity index (χ4n) is 4.28. The number of fused-ring (bicyclic) bond motifs is 1. The number of urea groups is 1. The molecule has 3 amide bonds. The monoisotopic (exact) mass is 468 g/mol. The first-order valence-electron chi connectivity index (χ1n) is 11.7. The van der Waals surface area contributed by atoms with Gasteiger partial charge in [0.15, 0.2) is 6.29 Å². The number of amides is 3. The molecule has 3 atom stereocenters. The van der Waals surface area contributed by atoms with Gasteiger partial charge < -0.3 is 10.6 Å². The summed E-state index contributed by atoms with van der Waals surface area (Å²) in [5, 5.41) is 19.1. The summed E-state index contributed by atoms with van der Waals surface area (Å²) in [4.78, 5) is 25.4. The SMILES string of the molecule is CC1NC(n2nc(-c3ccccc3)cc2NC(=O)NCc2cccc3ccccc23)NC(=O)C1C. The zero-order chi connectivity index (χ0) is 24.4. The molecule has 0 spiro atoms. The van der Waals surface area contributed by atoms with Crippen molar-refractivity contribution in [2.24, 2.45) is 5.92 Å².